The van der Waals surface area contributed by atoms with Gasteiger partial charge in [0.15, 0.2) is 13.1 Å². The third-order valence-electron chi connectivity index (χ3n) is 1.18. The summed E-state index contributed by atoms with van der Waals surface area (Å²) in [7, 11) is 0. The van der Waals surface area contributed by atoms with E-state index in [0.29, 0.717) is 0 Å². The van der Waals surface area contributed by atoms with E-state index in [9.17, 15) is 9.59 Å². The Labute approximate surface area is 94.3 Å². The number of hydrogen-bond acceptors (Lipinski definition) is 4. The zero-order chi connectivity index (χ0) is 12.6. The minimum absolute atomic E-state index is 0.253. The lowest BCUT2D eigenvalue weighted by atomic mass is 10.2. The zero-order valence-electron chi connectivity index (χ0n) is 9.65. The van der Waals surface area contributed by atoms with E-state index in [1.807, 2.05) is 20.8 Å². The van der Waals surface area contributed by atoms with Crippen molar-refractivity contribution in [1.82, 2.24) is 5.32 Å². The summed E-state index contributed by atoms with van der Waals surface area (Å²) in [4.78, 5) is 25.0. The Morgan fingerprint density at radius 3 is 2.56 bits per heavy atom. The number of nitrogens with zero attached hydrogens (tertiary/aromatic N) is 1. The maximum atomic E-state index is 11.0. The summed E-state index contributed by atoms with van der Waals surface area (Å²) >= 11 is 0. The summed E-state index contributed by atoms with van der Waals surface area (Å²) in [6, 6.07) is -0.652. The largest absolute Gasteiger partial charge is 0.477 e. The number of esters is 1. The fourth-order valence-corrected chi connectivity index (χ4v) is 0.506. The lowest BCUT2D eigenvalue weighted by molar-refractivity contribution is -0.138. The number of ether oxygens (including phenoxy) is 2. The first kappa shape index (κ1) is 14.2. The topological polar surface area (TPSA) is 77.0 Å². The standard InChI is InChI=1S/C10H16N2O4/c1-5-8(13)15-6-11-9(14)12-7-16-10(2,3)4/h5,7H,1,6H2,2-4H3,(H,11,14). The number of aliphatic imine (C=N–C) groups is 1. The fraction of sp³-hybridized carbons (Fsp3) is 0.500. The van der Waals surface area contributed by atoms with Gasteiger partial charge < -0.3 is 14.8 Å². The first-order chi connectivity index (χ1) is 7.35. The van der Waals surface area contributed by atoms with Crippen LogP contribution in [0.3, 0.4) is 0 Å². The van der Waals surface area contributed by atoms with E-state index in [0.717, 1.165) is 12.5 Å². The normalized spacial score (nSPS) is 10.9. The summed E-state index contributed by atoms with van der Waals surface area (Å²) in [5.74, 6) is -0.616. The van der Waals surface area contributed by atoms with Crippen molar-refractivity contribution in [3.8, 4) is 0 Å². The van der Waals surface area contributed by atoms with Gasteiger partial charge in [-0.2, -0.15) is 4.99 Å². The molecule has 90 valence electrons. The third kappa shape index (κ3) is 8.74. The average molecular weight is 228 g/mol. The van der Waals surface area contributed by atoms with Gasteiger partial charge in [-0.05, 0) is 20.8 Å². The van der Waals surface area contributed by atoms with E-state index in [2.05, 4.69) is 21.6 Å². The van der Waals surface area contributed by atoms with Crippen molar-refractivity contribution in [1.29, 1.82) is 0 Å². The first-order valence-electron chi connectivity index (χ1n) is 4.62. The van der Waals surface area contributed by atoms with Crippen LogP contribution in [0.25, 0.3) is 0 Å². The van der Waals surface area contributed by atoms with Gasteiger partial charge in [0.1, 0.15) is 5.60 Å². The van der Waals surface area contributed by atoms with Gasteiger partial charge in [0.05, 0.1) is 0 Å². The van der Waals surface area contributed by atoms with Crippen LogP contribution in [0.15, 0.2) is 17.6 Å². The highest BCUT2D eigenvalue weighted by Gasteiger charge is 2.08. The van der Waals surface area contributed by atoms with Gasteiger partial charge in [-0.3, -0.25) is 0 Å². The smallest absolute Gasteiger partial charge is 0.346 e. The van der Waals surface area contributed by atoms with Crippen LogP contribution in [0.5, 0.6) is 0 Å². The lowest BCUT2D eigenvalue weighted by Gasteiger charge is -2.16. The Kier molecular flexibility index (Phi) is 5.84. The molecule has 1 N–H and O–H groups in total. The molecule has 0 saturated heterocycles. The molecule has 0 fully saturated rings. The molecule has 0 spiro atoms. The predicted octanol–water partition coefficient (Wildman–Crippen LogP) is 1.23. The summed E-state index contributed by atoms with van der Waals surface area (Å²) in [6.07, 6.45) is 2.04. The quantitative estimate of drug-likeness (QED) is 0.258. The molecule has 0 aromatic heterocycles. The van der Waals surface area contributed by atoms with Crippen LogP contribution >= 0.6 is 0 Å². The summed E-state index contributed by atoms with van der Waals surface area (Å²) in [5, 5.41) is 2.23. The molecule has 0 rings (SSSR count). The number of nitrogens with one attached hydrogen (secondary N) is 1. The fourth-order valence-electron chi connectivity index (χ4n) is 0.506. The molecule has 0 aliphatic carbocycles. The molecular formula is C10H16N2O4. The maximum Gasteiger partial charge on any atom is 0.346 e. The van der Waals surface area contributed by atoms with E-state index in [1.165, 1.54) is 0 Å². The molecule has 0 saturated carbocycles. The molecule has 0 radical (unpaired) electrons. The highest BCUT2D eigenvalue weighted by Crippen LogP contribution is 2.03. The van der Waals surface area contributed by atoms with Crippen LogP contribution in [0.2, 0.25) is 0 Å². The Morgan fingerprint density at radius 1 is 1.44 bits per heavy atom. The third-order valence-corrected chi connectivity index (χ3v) is 1.18. The molecule has 6 nitrogen and oxygen atoms in total. The van der Waals surface area contributed by atoms with Crippen LogP contribution in [-0.2, 0) is 14.3 Å². The van der Waals surface area contributed by atoms with Gasteiger partial charge in [-0.25, -0.2) is 9.59 Å². The Bertz CT molecular complexity index is 292. The second kappa shape index (κ2) is 6.60. The van der Waals surface area contributed by atoms with Gasteiger partial charge in [-0.15, -0.1) is 0 Å². The average Bonchev–Trinajstić information content (AvgIpc) is 2.15. The lowest BCUT2D eigenvalue weighted by Crippen LogP contribution is -2.25. The van der Waals surface area contributed by atoms with Gasteiger partial charge in [-0.1, -0.05) is 6.58 Å². The van der Waals surface area contributed by atoms with Crippen molar-refractivity contribution < 1.29 is 19.1 Å². The molecule has 2 amide bonds. The van der Waals surface area contributed by atoms with Crippen LogP contribution in [0.1, 0.15) is 20.8 Å². The molecule has 0 bridgehead atoms. The van der Waals surface area contributed by atoms with Crippen LogP contribution < -0.4 is 5.32 Å². The number of urea groups is 1. The van der Waals surface area contributed by atoms with Crippen molar-refractivity contribution >= 4 is 18.4 Å². The van der Waals surface area contributed by atoms with Gasteiger partial charge >= 0.3 is 12.0 Å². The van der Waals surface area contributed by atoms with E-state index < -0.39 is 17.6 Å². The van der Waals surface area contributed by atoms with Crippen molar-refractivity contribution in [2.45, 2.75) is 26.4 Å². The molecule has 0 heterocycles. The minimum atomic E-state index is -0.652. The Balaban J connectivity index is 3.75. The molecule has 16 heavy (non-hydrogen) atoms. The van der Waals surface area contributed by atoms with Gasteiger partial charge in [0.25, 0.3) is 0 Å². The molecule has 0 unspecified atom stereocenters. The zero-order valence-corrected chi connectivity index (χ0v) is 9.65. The monoisotopic (exact) mass is 228 g/mol. The van der Waals surface area contributed by atoms with Crippen LogP contribution in [-0.4, -0.2) is 30.7 Å². The van der Waals surface area contributed by atoms with Gasteiger partial charge in [0, 0.05) is 6.08 Å². The number of amides is 2. The summed E-state index contributed by atoms with van der Waals surface area (Å²) in [5.41, 5.74) is -0.404. The highest BCUT2D eigenvalue weighted by atomic mass is 16.5. The SMILES string of the molecule is C=CC(=O)OCNC(=O)N=COC(C)(C)C. The molecule has 0 atom stereocenters. The Hall–Kier alpha value is -1.85. The second-order valence-electron chi connectivity index (χ2n) is 3.76. The number of rotatable bonds is 4. The molecular weight excluding hydrogens is 212 g/mol. The Morgan fingerprint density at radius 2 is 2.06 bits per heavy atom. The molecule has 0 aliphatic heterocycles. The van der Waals surface area contributed by atoms with Gasteiger partial charge in [0.2, 0.25) is 0 Å². The van der Waals surface area contributed by atoms with E-state index in [-0.39, 0.29) is 6.73 Å². The predicted molar refractivity (Wildman–Crippen MR) is 59.0 cm³/mol. The number of carbonyl (C=O) groups excluding carboxylic acids is 2. The van der Waals surface area contributed by atoms with Crippen LogP contribution in [0, 0.1) is 0 Å². The van der Waals surface area contributed by atoms with Crippen molar-refractivity contribution in [3.63, 3.8) is 0 Å². The molecule has 0 aromatic carbocycles. The second-order valence-corrected chi connectivity index (χ2v) is 3.76. The van der Waals surface area contributed by atoms with E-state index >= 15 is 0 Å². The number of carbonyl (C=O) groups is 2. The van der Waals surface area contributed by atoms with Crippen molar-refractivity contribution in [2.24, 2.45) is 4.99 Å². The first-order valence-corrected chi connectivity index (χ1v) is 4.62. The molecule has 0 aliphatic rings. The molecule has 6 heteroatoms. The minimum Gasteiger partial charge on any atom is -0.477 e. The summed E-state index contributed by atoms with van der Waals surface area (Å²) < 4.78 is 9.58. The van der Waals surface area contributed by atoms with Crippen molar-refractivity contribution in [2.75, 3.05) is 6.73 Å². The maximum absolute atomic E-state index is 11.0. The molecule has 0 aromatic rings. The van der Waals surface area contributed by atoms with Crippen molar-refractivity contribution in [3.05, 3.63) is 12.7 Å². The summed E-state index contributed by atoms with van der Waals surface area (Å²) in [6.45, 7) is 8.41. The van der Waals surface area contributed by atoms with Crippen LogP contribution in [0.4, 0.5) is 4.79 Å². The highest BCUT2D eigenvalue weighted by molar-refractivity contribution is 5.83. The van der Waals surface area contributed by atoms with E-state index in [1.54, 1.807) is 0 Å². The van der Waals surface area contributed by atoms with E-state index in [4.69, 9.17) is 4.74 Å². The number of hydrogen-bond donors (Lipinski definition) is 1.